The summed E-state index contributed by atoms with van der Waals surface area (Å²) in [5.74, 6) is 0. The summed E-state index contributed by atoms with van der Waals surface area (Å²) in [5, 5.41) is 5.22. The molecule has 0 amide bonds. The molecular weight excluding hydrogens is 245 g/mol. The second-order valence-corrected chi connectivity index (χ2v) is 4.37. The summed E-state index contributed by atoms with van der Waals surface area (Å²) in [6.45, 7) is 0. The Morgan fingerprint density at radius 1 is 1.31 bits per heavy atom. The van der Waals surface area contributed by atoms with Crippen molar-refractivity contribution in [2.75, 3.05) is 0 Å². The third-order valence-corrected chi connectivity index (χ3v) is 3.05. The molecule has 2 aromatic rings. The number of halogens is 2. The monoisotopic (exact) mass is 255 g/mol. The van der Waals surface area contributed by atoms with Gasteiger partial charge in [0.15, 0.2) is 0 Å². The fourth-order valence-corrected chi connectivity index (χ4v) is 2.21. The topological polar surface area (TPSA) is 43.8 Å². The Bertz CT molecular complexity index is 487. The molecule has 0 aliphatic carbocycles. The summed E-state index contributed by atoms with van der Waals surface area (Å²) < 4.78 is 1.69. The number of benzene rings is 1. The molecular formula is C11H11Cl2N3. The lowest BCUT2D eigenvalue weighted by atomic mass is 10.0. The zero-order valence-electron chi connectivity index (χ0n) is 8.69. The number of hydrogen-bond acceptors (Lipinski definition) is 2. The molecule has 3 nitrogen and oxygen atoms in total. The van der Waals surface area contributed by atoms with Gasteiger partial charge in [-0.25, -0.2) is 0 Å². The second kappa shape index (κ2) is 4.45. The molecule has 2 rings (SSSR count). The van der Waals surface area contributed by atoms with Crippen LogP contribution < -0.4 is 5.73 Å². The van der Waals surface area contributed by atoms with Gasteiger partial charge in [0.05, 0.1) is 12.2 Å². The Morgan fingerprint density at radius 3 is 2.44 bits per heavy atom. The minimum Gasteiger partial charge on any atom is -0.320 e. The lowest BCUT2D eigenvalue weighted by molar-refractivity contribution is 0.765. The number of nitrogens with zero attached hydrogens (tertiary/aromatic N) is 2. The Kier molecular flexibility index (Phi) is 3.19. The summed E-state index contributed by atoms with van der Waals surface area (Å²) in [6, 6.07) is 5.00. The van der Waals surface area contributed by atoms with Crippen LogP contribution in [0.5, 0.6) is 0 Å². The van der Waals surface area contributed by atoms with E-state index < -0.39 is 0 Å². The normalized spacial score (nSPS) is 12.8. The molecule has 1 unspecified atom stereocenters. The molecule has 0 saturated carbocycles. The molecule has 84 valence electrons. The van der Waals surface area contributed by atoms with Crippen molar-refractivity contribution in [1.82, 2.24) is 9.78 Å². The van der Waals surface area contributed by atoms with Crippen LogP contribution in [0.3, 0.4) is 0 Å². The molecule has 1 atom stereocenters. The average molecular weight is 256 g/mol. The smallest absolute Gasteiger partial charge is 0.0612 e. The highest BCUT2D eigenvalue weighted by molar-refractivity contribution is 6.36. The van der Waals surface area contributed by atoms with E-state index in [1.165, 1.54) is 0 Å². The second-order valence-electron chi connectivity index (χ2n) is 3.56. The van der Waals surface area contributed by atoms with Gasteiger partial charge in [0, 0.05) is 34.4 Å². The highest BCUT2D eigenvalue weighted by Crippen LogP contribution is 2.32. The molecule has 0 radical (unpaired) electrons. The molecule has 0 bridgehead atoms. The molecule has 2 N–H and O–H groups in total. The van der Waals surface area contributed by atoms with E-state index in [-0.39, 0.29) is 6.04 Å². The molecule has 0 fully saturated rings. The highest BCUT2D eigenvalue weighted by Gasteiger charge is 2.16. The third-order valence-electron chi connectivity index (χ3n) is 2.39. The molecule has 1 aromatic carbocycles. The SMILES string of the molecule is Cn1cc(C(N)c2c(Cl)cccc2Cl)cn1. The molecule has 0 spiro atoms. The van der Waals surface area contributed by atoms with Gasteiger partial charge < -0.3 is 5.73 Å². The highest BCUT2D eigenvalue weighted by atomic mass is 35.5. The van der Waals surface area contributed by atoms with Gasteiger partial charge in [-0.1, -0.05) is 29.3 Å². The summed E-state index contributed by atoms with van der Waals surface area (Å²) in [6.07, 6.45) is 3.56. The van der Waals surface area contributed by atoms with Gasteiger partial charge in [-0.2, -0.15) is 5.10 Å². The summed E-state index contributed by atoms with van der Waals surface area (Å²) in [4.78, 5) is 0. The Hall–Kier alpha value is -1.03. The molecule has 0 aliphatic heterocycles. The fraction of sp³-hybridized carbons (Fsp3) is 0.182. The van der Waals surface area contributed by atoms with Gasteiger partial charge >= 0.3 is 0 Å². The number of nitrogens with two attached hydrogens (primary N) is 1. The van der Waals surface area contributed by atoms with Crippen LogP contribution in [-0.4, -0.2) is 9.78 Å². The molecule has 0 aliphatic rings. The quantitative estimate of drug-likeness (QED) is 0.897. The Morgan fingerprint density at radius 2 is 1.94 bits per heavy atom. The van der Waals surface area contributed by atoms with Crippen molar-refractivity contribution in [2.45, 2.75) is 6.04 Å². The summed E-state index contributed by atoms with van der Waals surface area (Å²) >= 11 is 12.2. The van der Waals surface area contributed by atoms with Crippen molar-refractivity contribution < 1.29 is 0 Å². The zero-order valence-corrected chi connectivity index (χ0v) is 10.2. The number of aromatic nitrogens is 2. The predicted molar refractivity (Wildman–Crippen MR) is 65.7 cm³/mol. The van der Waals surface area contributed by atoms with Crippen LogP contribution in [0.1, 0.15) is 17.2 Å². The van der Waals surface area contributed by atoms with Crippen LogP contribution in [0, 0.1) is 0 Å². The Labute approximate surface area is 104 Å². The van der Waals surface area contributed by atoms with Crippen LogP contribution in [0.15, 0.2) is 30.6 Å². The van der Waals surface area contributed by atoms with Crippen molar-refractivity contribution in [2.24, 2.45) is 12.8 Å². The molecule has 1 aromatic heterocycles. The first-order valence-corrected chi connectivity index (χ1v) is 5.53. The molecule has 0 saturated heterocycles. The van der Waals surface area contributed by atoms with Crippen molar-refractivity contribution in [3.05, 3.63) is 51.8 Å². The van der Waals surface area contributed by atoms with E-state index in [2.05, 4.69) is 5.10 Å². The maximum Gasteiger partial charge on any atom is 0.0612 e. The minimum atomic E-state index is -0.352. The van der Waals surface area contributed by atoms with E-state index in [1.807, 2.05) is 13.2 Å². The molecule has 5 heteroatoms. The van der Waals surface area contributed by atoms with Gasteiger partial charge in [-0.05, 0) is 12.1 Å². The van der Waals surface area contributed by atoms with Crippen LogP contribution >= 0.6 is 23.2 Å². The number of hydrogen-bond donors (Lipinski definition) is 1. The van der Waals surface area contributed by atoms with Crippen molar-refractivity contribution in [3.63, 3.8) is 0 Å². The first-order valence-electron chi connectivity index (χ1n) is 4.77. The largest absolute Gasteiger partial charge is 0.320 e. The first kappa shape index (κ1) is 11.5. The summed E-state index contributed by atoms with van der Waals surface area (Å²) in [7, 11) is 1.84. The van der Waals surface area contributed by atoms with Crippen molar-refractivity contribution in [1.29, 1.82) is 0 Å². The lowest BCUT2D eigenvalue weighted by Gasteiger charge is -2.13. The van der Waals surface area contributed by atoms with Gasteiger partial charge in [-0.3, -0.25) is 4.68 Å². The van der Waals surface area contributed by atoms with E-state index in [4.69, 9.17) is 28.9 Å². The van der Waals surface area contributed by atoms with Crippen LogP contribution in [0.2, 0.25) is 10.0 Å². The van der Waals surface area contributed by atoms with E-state index >= 15 is 0 Å². The van der Waals surface area contributed by atoms with Gasteiger partial charge in [0.2, 0.25) is 0 Å². The summed E-state index contributed by atoms with van der Waals surface area (Å²) in [5.41, 5.74) is 7.73. The maximum absolute atomic E-state index is 6.11. The minimum absolute atomic E-state index is 0.352. The molecule has 16 heavy (non-hydrogen) atoms. The zero-order chi connectivity index (χ0) is 11.7. The fourth-order valence-electron chi connectivity index (χ4n) is 1.58. The van der Waals surface area contributed by atoms with Crippen LogP contribution in [0.25, 0.3) is 0 Å². The van der Waals surface area contributed by atoms with Crippen molar-refractivity contribution in [3.8, 4) is 0 Å². The maximum atomic E-state index is 6.11. The van der Waals surface area contributed by atoms with Gasteiger partial charge in [0.1, 0.15) is 0 Å². The van der Waals surface area contributed by atoms with Crippen molar-refractivity contribution >= 4 is 23.2 Å². The standard InChI is InChI=1S/C11H11Cl2N3/c1-16-6-7(5-15-16)11(14)10-8(12)3-2-4-9(10)13/h2-6,11H,14H2,1H3. The number of rotatable bonds is 2. The van der Waals surface area contributed by atoms with E-state index in [9.17, 15) is 0 Å². The average Bonchev–Trinajstić information content (AvgIpc) is 2.64. The van der Waals surface area contributed by atoms with E-state index in [1.54, 1.807) is 29.1 Å². The molecule has 1 heterocycles. The van der Waals surface area contributed by atoms with Crippen LogP contribution in [0.4, 0.5) is 0 Å². The van der Waals surface area contributed by atoms with E-state index in [0.29, 0.717) is 10.0 Å². The van der Waals surface area contributed by atoms with Gasteiger partial charge in [0.25, 0.3) is 0 Å². The van der Waals surface area contributed by atoms with Gasteiger partial charge in [-0.15, -0.1) is 0 Å². The third kappa shape index (κ3) is 2.07. The van der Waals surface area contributed by atoms with Crippen LogP contribution in [-0.2, 0) is 7.05 Å². The predicted octanol–water partition coefficient (Wildman–Crippen LogP) is 2.78. The Balaban J connectivity index is 2.45. The van der Waals surface area contributed by atoms with E-state index in [0.717, 1.165) is 11.1 Å². The first-order chi connectivity index (χ1) is 7.59. The lowest BCUT2D eigenvalue weighted by Crippen LogP contribution is -2.12. The number of aryl methyl sites for hydroxylation is 1.